The van der Waals surface area contributed by atoms with Gasteiger partial charge in [-0.05, 0) is 36.7 Å². The molecule has 0 fully saturated rings. The van der Waals surface area contributed by atoms with E-state index >= 15 is 0 Å². The third-order valence-corrected chi connectivity index (χ3v) is 7.10. The molecule has 0 saturated carbocycles. The maximum atomic E-state index is 12.9. The van der Waals surface area contributed by atoms with Crippen LogP contribution in [0.15, 0.2) is 35.7 Å². The van der Waals surface area contributed by atoms with Crippen molar-refractivity contribution in [2.24, 2.45) is 13.0 Å². The number of amides is 1. The van der Waals surface area contributed by atoms with E-state index in [1.54, 1.807) is 44.5 Å². The van der Waals surface area contributed by atoms with Gasteiger partial charge in [0.1, 0.15) is 6.04 Å². The molecule has 3 rings (SSSR count). The Kier molecular flexibility index (Phi) is 7.39. The maximum absolute atomic E-state index is 12.9. The van der Waals surface area contributed by atoms with Crippen LogP contribution in [0.25, 0.3) is 16.8 Å². The highest BCUT2D eigenvalue weighted by molar-refractivity contribution is 7.92. The molecule has 0 aliphatic rings. The summed E-state index contributed by atoms with van der Waals surface area (Å²) in [5.74, 6) is -0.174. The van der Waals surface area contributed by atoms with Crippen molar-refractivity contribution in [2.45, 2.75) is 26.8 Å². The molecule has 170 valence electrons. The van der Waals surface area contributed by atoms with Crippen molar-refractivity contribution in [1.29, 1.82) is 0 Å². The number of aromatic nitrogens is 4. The van der Waals surface area contributed by atoms with Gasteiger partial charge < -0.3 is 9.88 Å². The number of thiazole rings is 1. The normalized spacial score (nSPS) is 13.0. The van der Waals surface area contributed by atoms with Crippen LogP contribution in [0.4, 0.5) is 5.13 Å². The Morgan fingerprint density at radius 2 is 1.97 bits per heavy atom. The molecule has 0 spiro atoms. The van der Waals surface area contributed by atoms with E-state index in [1.807, 2.05) is 18.2 Å². The van der Waals surface area contributed by atoms with Gasteiger partial charge in [-0.3, -0.25) is 9.89 Å². The van der Waals surface area contributed by atoms with Crippen LogP contribution in [-0.2, 0) is 21.9 Å². The largest absolute Gasteiger partial charge is 0.303 e. The molecular formula is C20H24N6O3S3. The van der Waals surface area contributed by atoms with Gasteiger partial charge in [-0.15, -0.1) is 0 Å². The van der Waals surface area contributed by atoms with Crippen molar-refractivity contribution >= 4 is 50.7 Å². The lowest BCUT2D eigenvalue weighted by molar-refractivity contribution is -0.118. The Bertz CT molecular complexity index is 1290. The minimum absolute atomic E-state index is 0.289. The van der Waals surface area contributed by atoms with Gasteiger partial charge in [0.15, 0.2) is 15.7 Å². The van der Waals surface area contributed by atoms with Crippen molar-refractivity contribution in [3.63, 3.8) is 0 Å². The molecule has 1 amide bonds. The molecule has 1 atom stereocenters. The smallest absolute Gasteiger partial charge is 0.244 e. The Labute approximate surface area is 195 Å². The van der Waals surface area contributed by atoms with E-state index in [4.69, 9.17) is 12.2 Å². The number of aromatic amines is 1. The summed E-state index contributed by atoms with van der Waals surface area (Å²) in [6.07, 6.45) is 1.48. The molecule has 2 heterocycles. The van der Waals surface area contributed by atoms with Crippen LogP contribution in [0.5, 0.6) is 0 Å². The van der Waals surface area contributed by atoms with Crippen LogP contribution in [-0.4, -0.2) is 40.1 Å². The summed E-state index contributed by atoms with van der Waals surface area (Å²) in [5, 5.41) is 11.0. The molecule has 3 aromatic rings. The van der Waals surface area contributed by atoms with Crippen LogP contribution < -0.4 is 10.0 Å². The Morgan fingerprint density at radius 3 is 2.56 bits per heavy atom. The first-order valence-corrected chi connectivity index (χ1v) is 12.5. The molecule has 0 aliphatic heterocycles. The third kappa shape index (κ3) is 5.76. The van der Waals surface area contributed by atoms with Crippen LogP contribution >= 0.6 is 23.6 Å². The van der Waals surface area contributed by atoms with Crippen LogP contribution in [0.1, 0.15) is 25.1 Å². The number of H-pyrrole nitrogens is 1. The van der Waals surface area contributed by atoms with Gasteiger partial charge in [-0.2, -0.15) is 9.82 Å². The number of aryl methyl sites for hydroxylation is 1. The van der Waals surface area contributed by atoms with Crippen molar-refractivity contribution in [2.75, 3.05) is 5.32 Å². The Hall–Kier alpha value is -2.67. The molecule has 12 heteroatoms. The quantitative estimate of drug-likeness (QED) is 0.414. The van der Waals surface area contributed by atoms with Gasteiger partial charge in [-0.1, -0.05) is 55.5 Å². The monoisotopic (exact) mass is 492 g/mol. The minimum Gasteiger partial charge on any atom is -0.303 e. The van der Waals surface area contributed by atoms with Crippen molar-refractivity contribution in [1.82, 2.24) is 24.5 Å². The predicted molar refractivity (Wildman–Crippen MR) is 129 cm³/mol. The van der Waals surface area contributed by atoms with Gasteiger partial charge in [0.2, 0.25) is 15.9 Å². The number of anilines is 1. The fourth-order valence-corrected chi connectivity index (χ4v) is 5.11. The predicted octanol–water partition coefficient (Wildman–Crippen LogP) is 3.46. The molecule has 1 aromatic carbocycles. The van der Waals surface area contributed by atoms with Gasteiger partial charge in [0.25, 0.3) is 0 Å². The second-order valence-electron chi connectivity index (χ2n) is 7.43. The van der Waals surface area contributed by atoms with Gasteiger partial charge in [-0.25, -0.2) is 13.4 Å². The molecule has 9 nitrogen and oxygen atoms in total. The van der Waals surface area contributed by atoms with E-state index in [2.05, 4.69) is 25.2 Å². The fourth-order valence-electron chi connectivity index (χ4n) is 2.83. The van der Waals surface area contributed by atoms with E-state index in [9.17, 15) is 13.2 Å². The number of nitrogens with zero attached hydrogens (tertiary/aromatic N) is 3. The first kappa shape index (κ1) is 24.0. The molecule has 3 N–H and O–H groups in total. The number of carbonyl (C=O) groups is 1. The molecule has 1 unspecified atom stereocenters. The summed E-state index contributed by atoms with van der Waals surface area (Å²) in [4.78, 5) is 18.0. The zero-order valence-electron chi connectivity index (χ0n) is 18.0. The second-order valence-corrected chi connectivity index (χ2v) is 10.4. The summed E-state index contributed by atoms with van der Waals surface area (Å²) in [6, 6.07) is 8.07. The molecule has 0 aliphatic carbocycles. The number of carbonyl (C=O) groups excluding carboxylic acids is 1. The average molecular weight is 493 g/mol. The van der Waals surface area contributed by atoms with E-state index < -0.39 is 22.0 Å². The fraction of sp³-hybridized carbons (Fsp3) is 0.300. The van der Waals surface area contributed by atoms with Crippen LogP contribution in [0, 0.1) is 17.6 Å². The minimum atomic E-state index is -3.85. The number of hydrogen-bond acceptors (Lipinski definition) is 7. The first-order chi connectivity index (χ1) is 15.1. The number of nitrogens with one attached hydrogen (secondary N) is 3. The Balaban J connectivity index is 1.76. The third-order valence-electron chi connectivity index (χ3n) is 4.59. The molecule has 32 heavy (non-hydrogen) atoms. The lowest BCUT2D eigenvalue weighted by atomic mass is 10.1. The van der Waals surface area contributed by atoms with Crippen LogP contribution in [0.2, 0.25) is 0 Å². The van der Waals surface area contributed by atoms with Gasteiger partial charge in [0.05, 0.1) is 10.6 Å². The summed E-state index contributed by atoms with van der Waals surface area (Å²) in [5.41, 5.74) is 1.41. The number of benzene rings is 1. The van der Waals surface area contributed by atoms with Crippen molar-refractivity contribution in [3.05, 3.63) is 51.8 Å². The second kappa shape index (κ2) is 9.86. The van der Waals surface area contributed by atoms with E-state index in [0.29, 0.717) is 21.4 Å². The van der Waals surface area contributed by atoms with E-state index in [-0.39, 0.29) is 5.92 Å². The highest BCUT2D eigenvalue weighted by Gasteiger charge is 2.27. The summed E-state index contributed by atoms with van der Waals surface area (Å²) >= 11 is 6.39. The average Bonchev–Trinajstić information content (AvgIpc) is 3.26. The topological polar surface area (TPSA) is 122 Å². The van der Waals surface area contributed by atoms with Crippen molar-refractivity contribution < 1.29 is 13.2 Å². The highest BCUT2D eigenvalue weighted by atomic mass is 32.2. The van der Waals surface area contributed by atoms with E-state index in [1.165, 1.54) is 17.4 Å². The molecule has 0 saturated heterocycles. The molecular weight excluding hydrogens is 468 g/mol. The SMILES string of the molecule is Cc1nc(NC(=O)C(NS(=O)(=O)/C=C/c2ccccc2)C(C)C)sc1-c1n[nH]c(=S)n1C. The molecule has 2 aromatic heterocycles. The van der Waals surface area contributed by atoms with Gasteiger partial charge in [0, 0.05) is 12.5 Å². The summed E-state index contributed by atoms with van der Waals surface area (Å²) in [6.45, 7) is 5.33. The molecule has 0 bridgehead atoms. The maximum Gasteiger partial charge on any atom is 0.244 e. The molecule has 0 radical (unpaired) electrons. The van der Waals surface area contributed by atoms with Gasteiger partial charge >= 0.3 is 0 Å². The lowest BCUT2D eigenvalue weighted by Gasteiger charge is -2.20. The first-order valence-electron chi connectivity index (χ1n) is 9.73. The zero-order valence-corrected chi connectivity index (χ0v) is 20.4. The highest BCUT2D eigenvalue weighted by Crippen LogP contribution is 2.31. The summed E-state index contributed by atoms with van der Waals surface area (Å²) < 4.78 is 29.7. The Morgan fingerprint density at radius 1 is 1.28 bits per heavy atom. The lowest BCUT2D eigenvalue weighted by Crippen LogP contribution is -2.46. The van der Waals surface area contributed by atoms with Crippen LogP contribution in [0.3, 0.4) is 0 Å². The van der Waals surface area contributed by atoms with E-state index in [0.717, 1.165) is 15.8 Å². The summed E-state index contributed by atoms with van der Waals surface area (Å²) in [7, 11) is -2.06. The number of sulfonamides is 1. The number of hydrogen-bond donors (Lipinski definition) is 3. The standard InChI is InChI=1S/C20H24N6O3S3/c1-12(2)15(25-32(28,29)11-10-14-8-6-5-7-9-14)18(27)22-19-21-13(3)16(31-19)17-23-24-20(30)26(17)4/h5-12,15,25H,1-4H3,(H,24,30)(H,21,22,27)/b11-10+. The van der Waals surface area contributed by atoms with Crippen molar-refractivity contribution in [3.8, 4) is 10.7 Å². The number of rotatable bonds is 8. The zero-order chi connectivity index (χ0) is 23.5.